The lowest BCUT2D eigenvalue weighted by Gasteiger charge is -1.99. The lowest BCUT2D eigenvalue weighted by Crippen LogP contribution is -1.99. The molecule has 0 fully saturated rings. The van der Waals surface area contributed by atoms with E-state index in [2.05, 4.69) is 20.2 Å². The van der Waals surface area contributed by atoms with Crippen molar-refractivity contribution in [2.45, 2.75) is 0 Å². The van der Waals surface area contributed by atoms with Crippen molar-refractivity contribution in [3.05, 3.63) is 41.3 Å². The number of hydrogen-bond donors (Lipinski definition) is 2. The van der Waals surface area contributed by atoms with Gasteiger partial charge in [0.25, 0.3) is 0 Å². The maximum absolute atomic E-state index is 11.0. The second kappa shape index (κ2) is 2.81. The molecule has 0 spiro atoms. The van der Waals surface area contributed by atoms with Crippen LogP contribution in [0, 0.1) is 0 Å². The minimum atomic E-state index is -0.203. The van der Waals surface area contributed by atoms with Crippen LogP contribution in [0.1, 0.15) is 0 Å². The maximum Gasteiger partial charge on any atom is 0.323 e. The van der Waals surface area contributed by atoms with Crippen molar-refractivity contribution in [3.63, 3.8) is 0 Å². The molecule has 15 heavy (non-hydrogen) atoms. The van der Waals surface area contributed by atoms with Gasteiger partial charge >= 0.3 is 5.69 Å². The summed E-state index contributed by atoms with van der Waals surface area (Å²) in [6, 6.07) is 5.58. The molecule has 3 rings (SSSR count). The first-order valence-corrected chi connectivity index (χ1v) is 4.40. The van der Waals surface area contributed by atoms with E-state index in [0.29, 0.717) is 0 Å². The van der Waals surface area contributed by atoms with E-state index < -0.39 is 0 Å². The smallest absolute Gasteiger partial charge is 0.306 e. The molecular formula is C9H7N5O. The molecule has 0 saturated carbocycles. The molecule has 2 aromatic heterocycles. The number of hydrogen-bond acceptors (Lipinski definition) is 3. The lowest BCUT2D eigenvalue weighted by atomic mass is 10.3. The van der Waals surface area contributed by atoms with Crippen LogP contribution < -0.4 is 5.69 Å². The van der Waals surface area contributed by atoms with Gasteiger partial charge in [-0.3, -0.25) is 4.57 Å². The predicted molar refractivity (Wildman–Crippen MR) is 53.8 cm³/mol. The Balaban J connectivity index is 2.26. The summed E-state index contributed by atoms with van der Waals surface area (Å²) in [7, 11) is 0. The highest BCUT2D eigenvalue weighted by molar-refractivity contribution is 5.76. The Morgan fingerprint density at radius 2 is 1.80 bits per heavy atom. The van der Waals surface area contributed by atoms with E-state index in [-0.39, 0.29) is 5.69 Å². The molecule has 0 saturated heterocycles. The Morgan fingerprint density at radius 1 is 1.07 bits per heavy atom. The Kier molecular flexibility index (Phi) is 1.49. The zero-order valence-corrected chi connectivity index (χ0v) is 7.64. The summed E-state index contributed by atoms with van der Waals surface area (Å²) < 4.78 is 1.77. The van der Waals surface area contributed by atoms with E-state index in [1.807, 2.05) is 18.2 Å². The minimum absolute atomic E-state index is 0.203. The summed E-state index contributed by atoms with van der Waals surface area (Å²) in [6.07, 6.45) is 3.21. The number of aromatic amines is 2. The molecule has 2 N–H and O–H groups in total. The molecule has 6 heteroatoms. The zero-order chi connectivity index (χ0) is 10.3. The number of imidazole rings is 1. The molecule has 2 heterocycles. The van der Waals surface area contributed by atoms with Crippen LogP contribution >= 0.6 is 0 Å². The van der Waals surface area contributed by atoms with Crippen LogP contribution in [0.4, 0.5) is 0 Å². The second-order valence-electron chi connectivity index (χ2n) is 3.18. The number of rotatable bonds is 1. The molecule has 3 aromatic rings. The zero-order valence-electron chi connectivity index (χ0n) is 7.64. The third-order valence-corrected chi connectivity index (χ3v) is 2.22. The SMILES string of the molecule is O=c1[nH]c2ccc(-n3cnnc3)cc2[nH]1. The highest BCUT2D eigenvalue weighted by Gasteiger charge is 2.00. The van der Waals surface area contributed by atoms with Gasteiger partial charge in [-0.05, 0) is 18.2 Å². The monoisotopic (exact) mass is 201 g/mol. The van der Waals surface area contributed by atoms with Gasteiger partial charge in [-0.25, -0.2) is 4.79 Å². The van der Waals surface area contributed by atoms with E-state index in [1.165, 1.54) is 0 Å². The quantitative estimate of drug-likeness (QED) is 0.599. The Hall–Kier alpha value is -2.37. The molecule has 0 aliphatic carbocycles. The maximum atomic E-state index is 11.0. The Labute approximate surface area is 83.6 Å². The first-order chi connectivity index (χ1) is 7.33. The number of H-pyrrole nitrogens is 2. The van der Waals surface area contributed by atoms with Crippen molar-refractivity contribution in [2.75, 3.05) is 0 Å². The van der Waals surface area contributed by atoms with Gasteiger partial charge in [0.1, 0.15) is 12.7 Å². The molecule has 0 radical (unpaired) electrons. The molecule has 0 atom stereocenters. The third-order valence-electron chi connectivity index (χ3n) is 2.22. The fraction of sp³-hybridized carbons (Fsp3) is 0. The molecule has 1 aromatic carbocycles. The standard InChI is InChI=1S/C9H7N5O/c15-9-12-7-2-1-6(3-8(7)13-9)14-4-10-11-5-14/h1-5H,(H2,12,13,15). The highest BCUT2D eigenvalue weighted by Crippen LogP contribution is 2.13. The summed E-state index contributed by atoms with van der Waals surface area (Å²) >= 11 is 0. The van der Waals surface area contributed by atoms with Crippen molar-refractivity contribution in [2.24, 2.45) is 0 Å². The molecular weight excluding hydrogens is 194 g/mol. The van der Waals surface area contributed by atoms with Crippen LogP contribution in [0.2, 0.25) is 0 Å². The molecule has 0 bridgehead atoms. The number of fused-ring (bicyclic) bond motifs is 1. The largest absolute Gasteiger partial charge is 0.323 e. The van der Waals surface area contributed by atoms with Crippen LogP contribution in [-0.2, 0) is 0 Å². The Bertz CT molecular complexity index is 649. The van der Waals surface area contributed by atoms with Crippen molar-refractivity contribution < 1.29 is 0 Å². The van der Waals surface area contributed by atoms with Crippen molar-refractivity contribution in [1.82, 2.24) is 24.7 Å². The first-order valence-electron chi connectivity index (χ1n) is 4.40. The fourth-order valence-corrected chi connectivity index (χ4v) is 1.52. The molecule has 0 aliphatic heterocycles. The predicted octanol–water partition coefficient (Wildman–Crippen LogP) is 0.437. The van der Waals surface area contributed by atoms with Crippen molar-refractivity contribution in [1.29, 1.82) is 0 Å². The van der Waals surface area contributed by atoms with Gasteiger partial charge < -0.3 is 9.97 Å². The van der Waals surface area contributed by atoms with E-state index in [0.717, 1.165) is 16.7 Å². The van der Waals surface area contributed by atoms with Gasteiger partial charge in [0.15, 0.2) is 0 Å². The average Bonchev–Trinajstić information content (AvgIpc) is 2.82. The topological polar surface area (TPSA) is 79.4 Å². The molecule has 6 nitrogen and oxygen atoms in total. The molecule has 0 unspecified atom stereocenters. The summed E-state index contributed by atoms with van der Waals surface area (Å²) in [5.74, 6) is 0. The minimum Gasteiger partial charge on any atom is -0.306 e. The summed E-state index contributed by atoms with van der Waals surface area (Å²) in [5, 5.41) is 7.43. The van der Waals surface area contributed by atoms with E-state index >= 15 is 0 Å². The third kappa shape index (κ3) is 1.23. The van der Waals surface area contributed by atoms with E-state index in [9.17, 15) is 4.79 Å². The van der Waals surface area contributed by atoms with Crippen molar-refractivity contribution >= 4 is 11.0 Å². The van der Waals surface area contributed by atoms with Crippen LogP contribution in [0.15, 0.2) is 35.6 Å². The Morgan fingerprint density at radius 3 is 2.60 bits per heavy atom. The molecule has 0 aliphatic rings. The second-order valence-corrected chi connectivity index (χ2v) is 3.18. The van der Waals surface area contributed by atoms with Crippen LogP contribution in [0.5, 0.6) is 0 Å². The van der Waals surface area contributed by atoms with Crippen LogP contribution in [0.3, 0.4) is 0 Å². The number of aromatic nitrogens is 5. The van der Waals surface area contributed by atoms with Gasteiger partial charge in [0.05, 0.1) is 16.7 Å². The first kappa shape index (κ1) is 7.98. The van der Waals surface area contributed by atoms with Crippen LogP contribution in [-0.4, -0.2) is 24.7 Å². The van der Waals surface area contributed by atoms with E-state index in [1.54, 1.807) is 17.2 Å². The fourth-order valence-electron chi connectivity index (χ4n) is 1.52. The van der Waals surface area contributed by atoms with Gasteiger partial charge in [-0.2, -0.15) is 0 Å². The van der Waals surface area contributed by atoms with Gasteiger partial charge in [0.2, 0.25) is 0 Å². The number of nitrogens with zero attached hydrogens (tertiary/aromatic N) is 3. The molecule has 0 amide bonds. The van der Waals surface area contributed by atoms with Gasteiger partial charge in [-0.1, -0.05) is 0 Å². The number of benzene rings is 1. The summed E-state index contributed by atoms with van der Waals surface area (Å²) in [6.45, 7) is 0. The van der Waals surface area contributed by atoms with Gasteiger partial charge in [-0.15, -0.1) is 10.2 Å². The normalized spacial score (nSPS) is 10.9. The summed E-state index contributed by atoms with van der Waals surface area (Å²) in [4.78, 5) is 16.4. The number of nitrogens with one attached hydrogen (secondary N) is 2. The average molecular weight is 201 g/mol. The molecule has 74 valence electrons. The highest BCUT2D eigenvalue weighted by atomic mass is 16.1. The van der Waals surface area contributed by atoms with Crippen molar-refractivity contribution in [3.8, 4) is 5.69 Å². The van der Waals surface area contributed by atoms with Crippen LogP contribution in [0.25, 0.3) is 16.7 Å². The van der Waals surface area contributed by atoms with E-state index in [4.69, 9.17) is 0 Å². The lowest BCUT2D eigenvalue weighted by molar-refractivity contribution is 1.06. The summed E-state index contributed by atoms with van der Waals surface area (Å²) in [5.41, 5.74) is 2.26. The van der Waals surface area contributed by atoms with Gasteiger partial charge in [0, 0.05) is 0 Å².